The van der Waals surface area contributed by atoms with E-state index < -0.39 is 6.09 Å². The van der Waals surface area contributed by atoms with E-state index in [-0.39, 0.29) is 5.91 Å². The fraction of sp³-hybridized carbons (Fsp3) is 0.333. The van der Waals surface area contributed by atoms with Crippen LogP contribution in [0.3, 0.4) is 0 Å². The van der Waals surface area contributed by atoms with Gasteiger partial charge in [-0.05, 0) is 30.2 Å². The van der Waals surface area contributed by atoms with Crippen LogP contribution in [0, 0.1) is 0 Å². The normalized spacial score (nSPS) is 14.2. The van der Waals surface area contributed by atoms with Crippen molar-refractivity contribution >= 4 is 23.4 Å². The Morgan fingerprint density at radius 2 is 2.18 bits per heavy atom. The van der Waals surface area contributed by atoms with E-state index in [4.69, 9.17) is 0 Å². The van der Waals surface area contributed by atoms with Crippen molar-refractivity contribution in [1.29, 1.82) is 0 Å². The standard InChI is InChI=1S/C12H14N2O3/c1-13-9-4-5-10-8(7-9)3-6-11(15)14(10)12(16)17-2/h4-5,7,13H,3,6H2,1-2H3. The SMILES string of the molecule is CNc1ccc2c(c1)CCC(=O)N2C(=O)OC. The van der Waals surface area contributed by atoms with Gasteiger partial charge in [-0.1, -0.05) is 0 Å². The summed E-state index contributed by atoms with van der Waals surface area (Å²) in [6.45, 7) is 0. The Morgan fingerprint density at radius 3 is 2.82 bits per heavy atom. The number of amides is 2. The molecular formula is C12H14N2O3. The molecule has 1 aromatic carbocycles. The lowest BCUT2D eigenvalue weighted by Crippen LogP contribution is -2.40. The second-order valence-corrected chi connectivity index (χ2v) is 3.79. The molecule has 1 N–H and O–H groups in total. The molecule has 0 fully saturated rings. The number of nitrogens with one attached hydrogen (secondary N) is 1. The lowest BCUT2D eigenvalue weighted by molar-refractivity contribution is -0.118. The van der Waals surface area contributed by atoms with E-state index in [9.17, 15) is 9.59 Å². The number of aryl methyl sites for hydroxylation is 1. The Morgan fingerprint density at radius 1 is 1.41 bits per heavy atom. The van der Waals surface area contributed by atoms with Crippen molar-refractivity contribution in [3.8, 4) is 0 Å². The highest BCUT2D eigenvalue weighted by Crippen LogP contribution is 2.30. The maximum Gasteiger partial charge on any atom is 0.420 e. The van der Waals surface area contributed by atoms with Crippen LogP contribution >= 0.6 is 0 Å². The Hall–Kier alpha value is -2.04. The van der Waals surface area contributed by atoms with E-state index in [1.165, 1.54) is 7.11 Å². The molecule has 90 valence electrons. The van der Waals surface area contributed by atoms with Crippen molar-refractivity contribution < 1.29 is 14.3 Å². The van der Waals surface area contributed by atoms with Crippen molar-refractivity contribution in [2.75, 3.05) is 24.4 Å². The Labute approximate surface area is 99.4 Å². The van der Waals surface area contributed by atoms with E-state index in [1.807, 2.05) is 19.2 Å². The monoisotopic (exact) mass is 234 g/mol. The maximum atomic E-state index is 11.7. The number of benzene rings is 1. The van der Waals surface area contributed by atoms with Crippen molar-refractivity contribution in [2.24, 2.45) is 0 Å². The molecule has 0 unspecified atom stereocenters. The third-order valence-corrected chi connectivity index (χ3v) is 2.82. The van der Waals surface area contributed by atoms with Crippen LogP contribution in [-0.2, 0) is 16.0 Å². The number of fused-ring (bicyclic) bond motifs is 1. The van der Waals surface area contributed by atoms with Gasteiger partial charge in [0.15, 0.2) is 0 Å². The summed E-state index contributed by atoms with van der Waals surface area (Å²) in [5.74, 6) is -0.221. The quantitative estimate of drug-likeness (QED) is 0.804. The average molecular weight is 234 g/mol. The van der Waals surface area contributed by atoms with Crippen LogP contribution in [0.5, 0.6) is 0 Å². The third-order valence-electron chi connectivity index (χ3n) is 2.82. The average Bonchev–Trinajstić information content (AvgIpc) is 2.37. The number of carbonyl (C=O) groups is 2. The molecule has 1 aliphatic heterocycles. The van der Waals surface area contributed by atoms with E-state index in [0.717, 1.165) is 16.2 Å². The number of carbonyl (C=O) groups excluding carboxylic acids is 2. The minimum absolute atomic E-state index is 0.221. The summed E-state index contributed by atoms with van der Waals surface area (Å²) >= 11 is 0. The molecule has 2 rings (SSSR count). The number of imide groups is 1. The molecule has 5 nitrogen and oxygen atoms in total. The number of nitrogens with zero attached hydrogens (tertiary/aromatic N) is 1. The minimum Gasteiger partial charge on any atom is -0.452 e. The van der Waals surface area contributed by atoms with Crippen LogP contribution in [0.1, 0.15) is 12.0 Å². The summed E-state index contributed by atoms with van der Waals surface area (Å²) in [5, 5.41) is 3.03. The van der Waals surface area contributed by atoms with Crippen molar-refractivity contribution in [3.05, 3.63) is 23.8 Å². The highest BCUT2D eigenvalue weighted by atomic mass is 16.5. The smallest absolute Gasteiger partial charge is 0.420 e. The first-order chi connectivity index (χ1) is 8.17. The first-order valence-electron chi connectivity index (χ1n) is 5.39. The van der Waals surface area contributed by atoms with Gasteiger partial charge in [0.1, 0.15) is 0 Å². The molecule has 0 saturated heterocycles. The molecule has 5 heteroatoms. The lowest BCUT2D eigenvalue weighted by atomic mass is 10.0. The van der Waals surface area contributed by atoms with Gasteiger partial charge in [-0.15, -0.1) is 0 Å². The van der Waals surface area contributed by atoms with Gasteiger partial charge in [-0.2, -0.15) is 0 Å². The highest BCUT2D eigenvalue weighted by Gasteiger charge is 2.30. The molecule has 1 aromatic rings. The molecule has 0 radical (unpaired) electrons. The molecule has 2 amide bonds. The first-order valence-corrected chi connectivity index (χ1v) is 5.39. The van der Waals surface area contributed by atoms with Crippen LogP contribution in [-0.4, -0.2) is 26.2 Å². The molecule has 1 heterocycles. The molecule has 0 bridgehead atoms. The van der Waals surface area contributed by atoms with E-state index in [1.54, 1.807) is 6.07 Å². The summed E-state index contributed by atoms with van der Waals surface area (Å²) in [7, 11) is 3.10. The van der Waals surface area contributed by atoms with Gasteiger partial charge < -0.3 is 10.1 Å². The lowest BCUT2D eigenvalue weighted by Gasteiger charge is -2.26. The number of ether oxygens (including phenoxy) is 1. The molecule has 0 saturated carbocycles. The maximum absolute atomic E-state index is 11.7. The van der Waals surface area contributed by atoms with Crippen LogP contribution in [0.4, 0.5) is 16.2 Å². The van der Waals surface area contributed by atoms with Crippen molar-refractivity contribution in [3.63, 3.8) is 0 Å². The summed E-state index contributed by atoms with van der Waals surface area (Å²) in [6, 6.07) is 5.53. The number of rotatable bonds is 1. The van der Waals surface area contributed by atoms with Crippen molar-refractivity contribution in [2.45, 2.75) is 12.8 Å². The molecule has 0 aliphatic carbocycles. The largest absolute Gasteiger partial charge is 0.452 e. The summed E-state index contributed by atoms with van der Waals surface area (Å²) in [6.07, 6.45) is 0.347. The summed E-state index contributed by atoms with van der Waals surface area (Å²) < 4.78 is 4.62. The Kier molecular flexibility index (Phi) is 2.99. The molecule has 0 spiro atoms. The van der Waals surface area contributed by atoms with Gasteiger partial charge in [-0.3, -0.25) is 4.79 Å². The van der Waals surface area contributed by atoms with Gasteiger partial charge in [-0.25, -0.2) is 9.69 Å². The minimum atomic E-state index is -0.631. The number of hydrogen-bond acceptors (Lipinski definition) is 4. The molecule has 0 atom stereocenters. The molecular weight excluding hydrogens is 220 g/mol. The Bertz CT molecular complexity index is 471. The van der Waals surface area contributed by atoms with Gasteiger partial charge in [0, 0.05) is 19.2 Å². The van der Waals surface area contributed by atoms with Crippen LogP contribution in [0.25, 0.3) is 0 Å². The van der Waals surface area contributed by atoms with Gasteiger partial charge in [0.05, 0.1) is 12.8 Å². The fourth-order valence-electron chi connectivity index (χ4n) is 1.94. The Balaban J connectivity index is 2.45. The molecule has 1 aliphatic rings. The van der Waals surface area contributed by atoms with Gasteiger partial charge >= 0.3 is 6.09 Å². The molecule has 17 heavy (non-hydrogen) atoms. The predicted octanol–water partition coefficient (Wildman–Crippen LogP) is 1.77. The van der Waals surface area contributed by atoms with Crippen LogP contribution in [0.15, 0.2) is 18.2 Å². The van der Waals surface area contributed by atoms with Crippen LogP contribution < -0.4 is 10.2 Å². The second-order valence-electron chi connectivity index (χ2n) is 3.79. The second kappa shape index (κ2) is 4.45. The summed E-state index contributed by atoms with van der Waals surface area (Å²) in [5.41, 5.74) is 2.55. The van der Waals surface area contributed by atoms with Crippen molar-refractivity contribution in [1.82, 2.24) is 0 Å². The number of hydrogen-bond donors (Lipinski definition) is 1. The number of methoxy groups -OCH3 is 1. The van der Waals surface area contributed by atoms with Crippen LogP contribution in [0.2, 0.25) is 0 Å². The highest BCUT2D eigenvalue weighted by molar-refractivity contribution is 6.14. The van der Waals surface area contributed by atoms with Gasteiger partial charge in [0.25, 0.3) is 0 Å². The fourth-order valence-corrected chi connectivity index (χ4v) is 1.94. The summed E-state index contributed by atoms with van der Waals surface area (Å²) in [4.78, 5) is 24.4. The predicted molar refractivity (Wildman–Crippen MR) is 64.2 cm³/mol. The third kappa shape index (κ3) is 1.95. The molecule has 0 aromatic heterocycles. The topological polar surface area (TPSA) is 58.6 Å². The number of anilines is 2. The zero-order valence-electron chi connectivity index (χ0n) is 9.82. The zero-order chi connectivity index (χ0) is 12.4. The zero-order valence-corrected chi connectivity index (χ0v) is 9.82. The van der Waals surface area contributed by atoms with E-state index >= 15 is 0 Å². The van der Waals surface area contributed by atoms with Gasteiger partial charge in [0.2, 0.25) is 5.91 Å². The van der Waals surface area contributed by atoms with E-state index in [2.05, 4.69) is 10.1 Å². The van der Waals surface area contributed by atoms with E-state index in [0.29, 0.717) is 18.5 Å². The first kappa shape index (κ1) is 11.4.